The minimum absolute atomic E-state index is 0.277. The first kappa shape index (κ1) is 23.8. The molecule has 0 saturated carbocycles. The number of H-pyrrole nitrogens is 1. The van der Waals surface area contributed by atoms with Gasteiger partial charge in [-0.3, -0.25) is 24.9 Å². The van der Waals surface area contributed by atoms with Crippen LogP contribution in [0.1, 0.15) is 62.5 Å². The largest absolute Gasteiger partial charge is 0.376 e. The Kier molecular flexibility index (Phi) is 6.31. The number of nitrogens with one attached hydrogen (secondary N) is 1. The van der Waals surface area contributed by atoms with Crippen molar-refractivity contribution >= 4 is 23.3 Å². The number of ketones is 3. The van der Waals surface area contributed by atoms with E-state index in [4.69, 9.17) is 16.2 Å². The summed E-state index contributed by atoms with van der Waals surface area (Å²) in [6.45, 7) is 4.09. The quantitative estimate of drug-likeness (QED) is 0.238. The maximum absolute atomic E-state index is 12.8. The van der Waals surface area contributed by atoms with E-state index in [1.807, 2.05) is 0 Å². The van der Waals surface area contributed by atoms with E-state index in [2.05, 4.69) is 9.97 Å². The Labute approximate surface area is 171 Å². The van der Waals surface area contributed by atoms with Gasteiger partial charge in [-0.2, -0.15) is 0 Å². The van der Waals surface area contributed by atoms with Crippen LogP contribution in [0.15, 0.2) is 6.20 Å². The van der Waals surface area contributed by atoms with E-state index in [-0.39, 0.29) is 30.8 Å². The number of aromatic amines is 1. The van der Waals surface area contributed by atoms with E-state index in [1.54, 1.807) is 0 Å². The number of ether oxygens (including phenoxy) is 1. The molecule has 1 aromatic heterocycles. The highest BCUT2D eigenvalue weighted by atomic mass is 16.6. The second kappa shape index (κ2) is 7.96. The molecule has 1 aliphatic heterocycles. The number of carbonyl (C=O) groups is 4. The van der Waals surface area contributed by atoms with E-state index in [1.165, 1.54) is 20.8 Å². The van der Waals surface area contributed by atoms with E-state index in [0.717, 1.165) is 6.20 Å². The molecule has 5 atom stereocenters. The molecule has 1 unspecified atom stereocenters. The number of Topliss-reactive ketones (excluding diaryl/α,β-unsaturated/α-hetero) is 3. The molecule has 12 heteroatoms. The standard InChI is InChI=1S/C18H26N4O8/c1-4-9(23)16(27)12(14-21-7-8(22-14)13(19)26)30-15(17(16,28)10(24)5-2)18(20,29)11(25)6-3/h7,12,15,27-29H,4-6,20H2,1-3H3,(H2,19,26)(H,21,22)/t12-,15-,16-,17+,18?/m0/s1. The molecule has 8 N–H and O–H groups in total. The third-order valence-corrected chi connectivity index (χ3v) is 5.37. The maximum atomic E-state index is 12.8. The normalized spacial score (nSPS) is 30.6. The highest BCUT2D eigenvalue weighted by Gasteiger charge is 2.76. The fourth-order valence-corrected chi connectivity index (χ4v) is 3.70. The fourth-order valence-electron chi connectivity index (χ4n) is 3.70. The Bertz CT molecular complexity index is 881. The van der Waals surface area contributed by atoms with E-state index >= 15 is 0 Å². The molecule has 1 aliphatic rings. The van der Waals surface area contributed by atoms with E-state index in [9.17, 15) is 34.5 Å². The van der Waals surface area contributed by atoms with Crippen molar-refractivity contribution in [2.45, 2.75) is 69.2 Å². The third kappa shape index (κ3) is 3.17. The van der Waals surface area contributed by atoms with Gasteiger partial charge in [0.2, 0.25) is 5.72 Å². The summed E-state index contributed by atoms with van der Waals surface area (Å²) in [5, 5.41) is 33.5. The van der Waals surface area contributed by atoms with Crippen LogP contribution < -0.4 is 11.5 Å². The molecule has 0 aromatic carbocycles. The van der Waals surface area contributed by atoms with Crippen molar-refractivity contribution in [3.05, 3.63) is 17.7 Å². The molecule has 30 heavy (non-hydrogen) atoms. The van der Waals surface area contributed by atoms with Crippen molar-refractivity contribution in [2.75, 3.05) is 0 Å². The van der Waals surface area contributed by atoms with Crippen LogP contribution in [0.2, 0.25) is 0 Å². The summed E-state index contributed by atoms with van der Waals surface area (Å²) in [4.78, 5) is 55.6. The number of carbonyl (C=O) groups excluding carboxylic acids is 4. The number of amides is 1. The number of aromatic nitrogens is 2. The summed E-state index contributed by atoms with van der Waals surface area (Å²) in [6.07, 6.45) is -4.04. The van der Waals surface area contributed by atoms with Gasteiger partial charge in [-0.15, -0.1) is 0 Å². The molecule has 2 heterocycles. The monoisotopic (exact) mass is 426 g/mol. The van der Waals surface area contributed by atoms with Crippen LogP contribution in [-0.4, -0.2) is 71.6 Å². The highest BCUT2D eigenvalue weighted by Crippen LogP contribution is 2.51. The minimum Gasteiger partial charge on any atom is -0.376 e. The Balaban J connectivity index is 2.80. The first-order valence-corrected chi connectivity index (χ1v) is 9.40. The van der Waals surface area contributed by atoms with Crippen LogP contribution in [0.25, 0.3) is 0 Å². The number of hydrogen-bond donors (Lipinski definition) is 6. The van der Waals surface area contributed by atoms with Crippen molar-refractivity contribution in [1.29, 1.82) is 0 Å². The van der Waals surface area contributed by atoms with Crippen LogP contribution in [0, 0.1) is 0 Å². The average Bonchev–Trinajstić information content (AvgIpc) is 3.29. The second-order valence-electron chi connectivity index (χ2n) is 7.12. The number of aliphatic hydroxyl groups is 3. The molecule has 166 valence electrons. The summed E-state index contributed by atoms with van der Waals surface area (Å²) in [5.74, 6) is -4.39. The van der Waals surface area contributed by atoms with Gasteiger partial charge in [0.25, 0.3) is 5.91 Å². The van der Waals surface area contributed by atoms with Crippen LogP contribution in [-0.2, 0) is 19.1 Å². The molecule has 1 aromatic rings. The molecule has 0 spiro atoms. The maximum Gasteiger partial charge on any atom is 0.268 e. The summed E-state index contributed by atoms with van der Waals surface area (Å²) in [7, 11) is 0. The molecule has 1 saturated heterocycles. The van der Waals surface area contributed by atoms with Crippen LogP contribution >= 0.6 is 0 Å². The third-order valence-electron chi connectivity index (χ3n) is 5.37. The molecule has 1 amide bonds. The molecule has 0 radical (unpaired) electrons. The van der Waals surface area contributed by atoms with Crippen molar-refractivity contribution < 1.29 is 39.2 Å². The van der Waals surface area contributed by atoms with Gasteiger partial charge in [0.1, 0.15) is 17.6 Å². The van der Waals surface area contributed by atoms with Crippen molar-refractivity contribution in [3.8, 4) is 0 Å². The fraction of sp³-hybridized carbons (Fsp3) is 0.611. The first-order valence-electron chi connectivity index (χ1n) is 9.40. The number of hydrogen-bond acceptors (Lipinski definition) is 10. The number of nitrogens with two attached hydrogens (primary N) is 2. The Morgan fingerprint density at radius 2 is 1.67 bits per heavy atom. The molecule has 0 aliphatic carbocycles. The van der Waals surface area contributed by atoms with Crippen molar-refractivity contribution in [3.63, 3.8) is 0 Å². The van der Waals surface area contributed by atoms with Crippen LogP contribution in [0.4, 0.5) is 0 Å². The molecule has 12 nitrogen and oxygen atoms in total. The number of nitrogens with zero attached hydrogens (tertiary/aromatic N) is 1. The van der Waals surface area contributed by atoms with Gasteiger partial charge in [0.05, 0.1) is 0 Å². The summed E-state index contributed by atoms with van der Waals surface area (Å²) >= 11 is 0. The zero-order valence-corrected chi connectivity index (χ0v) is 16.8. The van der Waals surface area contributed by atoms with Crippen molar-refractivity contribution in [1.82, 2.24) is 9.97 Å². The summed E-state index contributed by atoms with van der Waals surface area (Å²) in [6, 6.07) is 0. The van der Waals surface area contributed by atoms with Gasteiger partial charge < -0.3 is 30.8 Å². The molecular weight excluding hydrogens is 400 g/mol. The average molecular weight is 426 g/mol. The number of primary amides is 1. The predicted octanol–water partition coefficient (Wildman–Crippen LogP) is -2.00. The molecular formula is C18H26N4O8. The summed E-state index contributed by atoms with van der Waals surface area (Å²) < 4.78 is 5.52. The van der Waals surface area contributed by atoms with Gasteiger partial charge in [0, 0.05) is 25.5 Å². The Morgan fingerprint density at radius 3 is 2.10 bits per heavy atom. The topological polar surface area (TPSA) is 219 Å². The lowest BCUT2D eigenvalue weighted by molar-refractivity contribution is -0.194. The lowest BCUT2D eigenvalue weighted by Crippen LogP contribution is -2.73. The Hall–Kier alpha value is -2.51. The van der Waals surface area contributed by atoms with Gasteiger partial charge >= 0.3 is 0 Å². The van der Waals surface area contributed by atoms with Gasteiger partial charge in [0.15, 0.2) is 34.7 Å². The lowest BCUT2D eigenvalue weighted by Gasteiger charge is -2.41. The predicted molar refractivity (Wildman–Crippen MR) is 99.7 cm³/mol. The van der Waals surface area contributed by atoms with E-state index in [0.29, 0.717) is 0 Å². The Morgan fingerprint density at radius 1 is 1.13 bits per heavy atom. The number of imidazole rings is 1. The minimum atomic E-state index is -3.09. The first-order chi connectivity index (χ1) is 13.8. The van der Waals surface area contributed by atoms with Crippen LogP contribution in [0.3, 0.4) is 0 Å². The zero-order valence-electron chi connectivity index (χ0n) is 16.8. The SMILES string of the molecule is CCC(=O)C(N)(O)[C@H]1O[C@@H](c2nc(C(N)=O)c[nH]2)[C@@](O)(C(=O)CC)[C@@]1(O)C(=O)CC. The molecule has 1 fully saturated rings. The van der Waals surface area contributed by atoms with Gasteiger partial charge in [-0.05, 0) is 0 Å². The van der Waals surface area contributed by atoms with Gasteiger partial charge in [-0.25, -0.2) is 4.98 Å². The molecule has 2 rings (SSSR count). The molecule has 0 bridgehead atoms. The highest BCUT2D eigenvalue weighted by molar-refractivity contribution is 6.02. The van der Waals surface area contributed by atoms with Crippen molar-refractivity contribution in [2.24, 2.45) is 11.5 Å². The van der Waals surface area contributed by atoms with E-state index < -0.39 is 52.4 Å². The lowest BCUT2D eigenvalue weighted by atomic mass is 9.68. The smallest absolute Gasteiger partial charge is 0.268 e. The summed E-state index contributed by atoms with van der Waals surface area (Å²) in [5.41, 5.74) is 1.63. The van der Waals surface area contributed by atoms with Crippen LogP contribution in [0.5, 0.6) is 0 Å². The zero-order chi connectivity index (χ0) is 23.1. The second-order valence-corrected chi connectivity index (χ2v) is 7.12. The number of rotatable bonds is 9. The van der Waals surface area contributed by atoms with Gasteiger partial charge in [-0.1, -0.05) is 20.8 Å².